The highest BCUT2D eigenvalue weighted by molar-refractivity contribution is 5.92. The number of benzene rings is 1. The van der Waals surface area contributed by atoms with Gasteiger partial charge in [-0.1, -0.05) is 26.7 Å². The minimum absolute atomic E-state index is 0.128. The second-order valence-electron chi connectivity index (χ2n) is 14.6. The molecule has 1 aromatic carbocycles. The fraction of sp³-hybridized carbons (Fsp3) is 0.694. The Hall–Kier alpha value is -3.47. The van der Waals surface area contributed by atoms with Gasteiger partial charge >= 0.3 is 6.09 Å². The minimum Gasteiger partial charge on any atom is -0.497 e. The van der Waals surface area contributed by atoms with Crippen LogP contribution in [0.5, 0.6) is 11.6 Å². The van der Waals surface area contributed by atoms with E-state index < -0.39 is 35.3 Å². The van der Waals surface area contributed by atoms with Crippen LogP contribution in [0.15, 0.2) is 18.2 Å². The van der Waals surface area contributed by atoms with E-state index in [1.807, 2.05) is 39.0 Å². The number of hydrogen-bond acceptors (Lipinski definition) is 9. The molecule has 3 fully saturated rings. The summed E-state index contributed by atoms with van der Waals surface area (Å²) in [6, 6.07) is 4.01. The fourth-order valence-electron chi connectivity index (χ4n) is 8.34. The Balaban J connectivity index is 1.39. The number of rotatable bonds is 3. The molecule has 2 aromatic rings. The lowest BCUT2D eigenvalue weighted by Crippen LogP contribution is -2.60. The number of ether oxygens (including phenoxy) is 4. The van der Waals surface area contributed by atoms with Gasteiger partial charge in [0.25, 0.3) is 0 Å². The van der Waals surface area contributed by atoms with Gasteiger partial charge in [0.15, 0.2) is 5.78 Å². The molecule has 256 valence electrons. The summed E-state index contributed by atoms with van der Waals surface area (Å²) in [5.41, 5.74) is 1.01. The van der Waals surface area contributed by atoms with Gasteiger partial charge in [-0.3, -0.25) is 9.59 Å². The summed E-state index contributed by atoms with van der Waals surface area (Å²) in [7, 11) is 1.61. The van der Waals surface area contributed by atoms with E-state index in [-0.39, 0.29) is 30.1 Å². The highest BCUT2D eigenvalue weighted by Crippen LogP contribution is 2.43. The number of alkyl carbamates (subject to hydrolysis) is 1. The molecule has 6 rings (SSSR count). The fourth-order valence-corrected chi connectivity index (χ4v) is 8.34. The SMILES string of the molecule is COc1ccc2nc3c(nc2c1)O[C@H]1CN(C(=O)[C@H](C2(C)CCOCC2)NC(=O)O[C@]2(C)CCC[C@H]2CCCCC3)[C@H](C(C)=O)[C@@H]1C. The summed E-state index contributed by atoms with van der Waals surface area (Å²) in [4.78, 5) is 53.1. The maximum Gasteiger partial charge on any atom is 0.408 e. The van der Waals surface area contributed by atoms with Crippen molar-refractivity contribution >= 4 is 28.8 Å². The number of ketones is 1. The molecule has 3 aliphatic heterocycles. The number of Topliss-reactive ketones (excluding diaryl/α,β-unsaturated/α-hetero) is 1. The second-order valence-corrected chi connectivity index (χ2v) is 14.6. The molecule has 2 amide bonds. The molecule has 6 atom stereocenters. The zero-order valence-corrected chi connectivity index (χ0v) is 28.5. The Morgan fingerprint density at radius 3 is 2.53 bits per heavy atom. The lowest BCUT2D eigenvalue weighted by Gasteiger charge is -2.42. The van der Waals surface area contributed by atoms with Crippen LogP contribution in [0.2, 0.25) is 0 Å². The Labute approximate surface area is 277 Å². The van der Waals surface area contributed by atoms with Crippen molar-refractivity contribution in [2.75, 3.05) is 26.9 Å². The van der Waals surface area contributed by atoms with E-state index in [1.54, 1.807) is 12.0 Å². The topological polar surface area (TPSA) is 129 Å². The van der Waals surface area contributed by atoms with E-state index in [4.69, 9.17) is 28.9 Å². The lowest BCUT2D eigenvalue weighted by molar-refractivity contribution is -0.144. The number of aromatic nitrogens is 2. The van der Waals surface area contributed by atoms with Crippen LogP contribution < -0.4 is 14.8 Å². The van der Waals surface area contributed by atoms with Crippen LogP contribution in [-0.2, 0) is 25.5 Å². The molecule has 1 N–H and O–H groups in total. The van der Waals surface area contributed by atoms with Gasteiger partial charge in [0.05, 0.1) is 30.7 Å². The van der Waals surface area contributed by atoms with Gasteiger partial charge in [-0.2, -0.15) is 0 Å². The first kappa shape index (κ1) is 33.4. The van der Waals surface area contributed by atoms with E-state index in [9.17, 15) is 14.4 Å². The standard InChI is InChI=1S/C36H50N4O7/c1-22-29-21-40(30(22)23(2)41)33(42)31(35(3)16-18-45-19-17-35)39-34(43)47-36(4)15-9-11-24(36)10-7-6-8-12-27-32(46-29)38-28-20-25(44-5)13-14-26(28)37-27/h13-14,20,22,24,29-31H,6-12,15-19,21H2,1-5H3,(H,39,43)/t22-,24-,29+,30+,31-,36-/m1/s1. The number of nitrogens with one attached hydrogen (secondary N) is 1. The number of nitrogens with zero attached hydrogens (tertiary/aromatic N) is 3. The summed E-state index contributed by atoms with van der Waals surface area (Å²) in [5, 5.41) is 3.03. The molecule has 4 heterocycles. The van der Waals surface area contributed by atoms with Crippen LogP contribution in [0, 0.1) is 17.3 Å². The summed E-state index contributed by atoms with van der Waals surface area (Å²) < 4.78 is 24.0. The zero-order valence-electron chi connectivity index (χ0n) is 28.5. The molecule has 1 saturated carbocycles. The van der Waals surface area contributed by atoms with Crippen LogP contribution >= 0.6 is 0 Å². The van der Waals surface area contributed by atoms with Gasteiger partial charge in [-0.05, 0) is 83.3 Å². The molecule has 2 bridgehead atoms. The van der Waals surface area contributed by atoms with E-state index in [0.717, 1.165) is 56.2 Å². The van der Waals surface area contributed by atoms with Crippen molar-refractivity contribution < 1.29 is 33.3 Å². The van der Waals surface area contributed by atoms with Crippen LogP contribution in [0.1, 0.15) is 91.2 Å². The normalized spacial score (nSPS) is 31.9. The number of aryl methyl sites for hydroxylation is 1. The number of hydrogen-bond donors (Lipinski definition) is 1. The van der Waals surface area contributed by atoms with E-state index >= 15 is 0 Å². The number of fused-ring (bicyclic) bond motifs is 5. The van der Waals surface area contributed by atoms with Crippen molar-refractivity contribution in [3.8, 4) is 11.6 Å². The molecule has 11 nitrogen and oxygen atoms in total. The first-order chi connectivity index (χ1) is 22.5. The molecule has 4 aliphatic rings. The molecule has 2 saturated heterocycles. The summed E-state index contributed by atoms with van der Waals surface area (Å²) in [5.74, 6) is 0.606. The van der Waals surface area contributed by atoms with E-state index in [0.29, 0.717) is 49.6 Å². The van der Waals surface area contributed by atoms with Crippen molar-refractivity contribution in [1.82, 2.24) is 20.2 Å². The summed E-state index contributed by atoms with van der Waals surface area (Å²) in [6.07, 6.45) is 7.47. The Morgan fingerprint density at radius 2 is 1.79 bits per heavy atom. The van der Waals surface area contributed by atoms with Crippen molar-refractivity contribution in [2.45, 2.75) is 116 Å². The number of carbonyl (C=O) groups is 3. The van der Waals surface area contributed by atoms with Gasteiger partial charge in [0, 0.05) is 30.6 Å². The predicted octanol–water partition coefficient (Wildman–Crippen LogP) is 5.41. The van der Waals surface area contributed by atoms with Crippen molar-refractivity contribution in [3.05, 3.63) is 23.9 Å². The van der Waals surface area contributed by atoms with Crippen LogP contribution in [0.3, 0.4) is 0 Å². The highest BCUT2D eigenvalue weighted by Gasteiger charge is 2.52. The van der Waals surface area contributed by atoms with Gasteiger partial charge in [-0.25, -0.2) is 14.8 Å². The Kier molecular flexibility index (Phi) is 9.65. The largest absolute Gasteiger partial charge is 0.497 e. The third-order valence-electron chi connectivity index (χ3n) is 11.4. The van der Waals surface area contributed by atoms with Crippen LogP contribution in [0.4, 0.5) is 4.79 Å². The quantitative estimate of drug-likeness (QED) is 0.464. The molecule has 1 aliphatic carbocycles. The first-order valence-electron chi connectivity index (χ1n) is 17.4. The summed E-state index contributed by atoms with van der Waals surface area (Å²) in [6.45, 7) is 8.68. The van der Waals surface area contributed by atoms with Crippen molar-refractivity contribution in [3.63, 3.8) is 0 Å². The monoisotopic (exact) mass is 650 g/mol. The smallest absolute Gasteiger partial charge is 0.408 e. The molecule has 1 aromatic heterocycles. The van der Waals surface area contributed by atoms with Gasteiger partial charge in [0.1, 0.15) is 29.2 Å². The number of methoxy groups -OCH3 is 1. The zero-order chi connectivity index (χ0) is 33.3. The average molecular weight is 651 g/mol. The van der Waals surface area contributed by atoms with Gasteiger partial charge in [-0.15, -0.1) is 0 Å². The lowest BCUT2D eigenvalue weighted by atomic mass is 9.75. The highest BCUT2D eigenvalue weighted by atomic mass is 16.6. The van der Waals surface area contributed by atoms with Crippen LogP contribution in [-0.4, -0.2) is 83.3 Å². The Morgan fingerprint density at radius 1 is 1.02 bits per heavy atom. The molecular formula is C36H50N4O7. The van der Waals surface area contributed by atoms with E-state index in [2.05, 4.69) is 5.32 Å². The van der Waals surface area contributed by atoms with Gasteiger partial charge in [0.2, 0.25) is 11.8 Å². The maximum atomic E-state index is 14.7. The molecule has 0 spiro atoms. The van der Waals surface area contributed by atoms with Gasteiger partial charge < -0.3 is 29.2 Å². The summed E-state index contributed by atoms with van der Waals surface area (Å²) >= 11 is 0. The minimum atomic E-state index is -0.891. The van der Waals surface area contributed by atoms with E-state index in [1.165, 1.54) is 6.92 Å². The number of amides is 2. The first-order valence-corrected chi connectivity index (χ1v) is 17.4. The average Bonchev–Trinajstić information content (AvgIpc) is 3.57. The third kappa shape index (κ3) is 6.78. The van der Waals surface area contributed by atoms with Crippen LogP contribution in [0.25, 0.3) is 11.0 Å². The third-order valence-corrected chi connectivity index (χ3v) is 11.4. The second kappa shape index (κ2) is 13.6. The molecule has 0 unspecified atom stereocenters. The molecule has 47 heavy (non-hydrogen) atoms. The van der Waals surface area contributed by atoms with Crippen molar-refractivity contribution in [1.29, 1.82) is 0 Å². The predicted molar refractivity (Wildman–Crippen MR) is 175 cm³/mol. The molecular weight excluding hydrogens is 600 g/mol. The molecule has 11 heteroatoms. The number of carbonyl (C=O) groups excluding carboxylic acids is 3. The molecule has 0 radical (unpaired) electrons. The maximum absolute atomic E-state index is 14.7. The van der Waals surface area contributed by atoms with Crippen molar-refractivity contribution in [2.24, 2.45) is 17.3 Å². The Bertz CT molecular complexity index is 1490.